The van der Waals surface area contributed by atoms with Crippen molar-refractivity contribution in [2.75, 3.05) is 18.4 Å². The van der Waals surface area contributed by atoms with Gasteiger partial charge in [0.2, 0.25) is 10.0 Å². The highest BCUT2D eigenvalue weighted by atomic mass is 32.2. The predicted molar refractivity (Wildman–Crippen MR) is 89.4 cm³/mol. The summed E-state index contributed by atoms with van der Waals surface area (Å²) >= 11 is 0. The fraction of sp³-hybridized carbons (Fsp3) is 0.312. The third-order valence-corrected chi connectivity index (χ3v) is 4.63. The van der Waals surface area contributed by atoms with Crippen LogP contribution in [-0.2, 0) is 22.0 Å². The van der Waals surface area contributed by atoms with Gasteiger partial charge >= 0.3 is 6.18 Å². The van der Waals surface area contributed by atoms with Gasteiger partial charge in [-0.1, -0.05) is 30.3 Å². The molecule has 0 saturated heterocycles. The van der Waals surface area contributed by atoms with Crippen LogP contribution in [0.5, 0.6) is 0 Å². The largest absolute Gasteiger partial charge is 0.417 e. The molecule has 0 aliphatic rings. The summed E-state index contributed by atoms with van der Waals surface area (Å²) in [5, 5.41) is 2.85. The second-order valence-electron chi connectivity index (χ2n) is 5.35. The van der Waals surface area contributed by atoms with Crippen molar-refractivity contribution in [2.24, 2.45) is 0 Å². The Balaban J connectivity index is 1.71. The quantitative estimate of drug-likeness (QED) is 0.698. The van der Waals surface area contributed by atoms with Crippen LogP contribution in [0.25, 0.3) is 0 Å². The van der Waals surface area contributed by atoms with Crippen molar-refractivity contribution in [1.82, 2.24) is 9.71 Å². The van der Waals surface area contributed by atoms with Crippen molar-refractivity contribution in [2.45, 2.75) is 18.3 Å². The molecule has 1 aromatic carbocycles. The Kier molecular flexibility index (Phi) is 6.38. The zero-order valence-electron chi connectivity index (χ0n) is 13.3. The predicted octanol–water partition coefficient (Wildman–Crippen LogP) is 3.02. The molecule has 9 heteroatoms. The van der Waals surface area contributed by atoms with Gasteiger partial charge in [0.15, 0.2) is 0 Å². The molecule has 0 aliphatic carbocycles. The van der Waals surface area contributed by atoms with Gasteiger partial charge in [-0.05, 0) is 24.1 Å². The van der Waals surface area contributed by atoms with Crippen LogP contribution in [0.15, 0.2) is 48.7 Å². The van der Waals surface area contributed by atoms with Crippen LogP contribution in [-0.4, -0.2) is 26.5 Å². The lowest BCUT2D eigenvalue weighted by Crippen LogP contribution is -2.27. The number of rotatable bonds is 8. The number of nitrogens with one attached hydrogen (secondary N) is 2. The number of hydrogen-bond acceptors (Lipinski definition) is 4. The van der Waals surface area contributed by atoms with Gasteiger partial charge in [0, 0.05) is 19.3 Å². The van der Waals surface area contributed by atoms with Gasteiger partial charge in [-0.2, -0.15) is 13.2 Å². The SMILES string of the molecule is O=S(=O)(Cc1ccccc1)NCCCNc1ccc(C(F)(F)F)cn1. The smallest absolute Gasteiger partial charge is 0.370 e. The van der Waals surface area contributed by atoms with Crippen molar-refractivity contribution in [3.05, 3.63) is 59.8 Å². The molecule has 5 nitrogen and oxygen atoms in total. The van der Waals surface area contributed by atoms with Gasteiger partial charge in [0.25, 0.3) is 0 Å². The Bertz CT molecular complexity index is 763. The number of hydrogen-bond donors (Lipinski definition) is 2. The van der Waals surface area contributed by atoms with E-state index in [2.05, 4.69) is 15.0 Å². The lowest BCUT2D eigenvalue weighted by Gasteiger charge is -2.09. The molecule has 25 heavy (non-hydrogen) atoms. The number of pyridine rings is 1. The lowest BCUT2D eigenvalue weighted by atomic mass is 10.2. The van der Waals surface area contributed by atoms with Crippen LogP contribution in [0.4, 0.5) is 19.0 Å². The first-order valence-electron chi connectivity index (χ1n) is 7.55. The number of benzene rings is 1. The summed E-state index contributed by atoms with van der Waals surface area (Å²) in [7, 11) is -3.42. The Morgan fingerprint density at radius 1 is 1.00 bits per heavy atom. The Hall–Kier alpha value is -2.13. The Morgan fingerprint density at radius 2 is 1.72 bits per heavy atom. The number of aromatic nitrogens is 1. The number of nitrogens with zero attached hydrogens (tertiary/aromatic N) is 1. The normalized spacial score (nSPS) is 12.1. The highest BCUT2D eigenvalue weighted by Gasteiger charge is 2.30. The van der Waals surface area contributed by atoms with Gasteiger partial charge in [-0.15, -0.1) is 0 Å². The number of anilines is 1. The van der Waals surface area contributed by atoms with Gasteiger partial charge < -0.3 is 5.32 Å². The lowest BCUT2D eigenvalue weighted by molar-refractivity contribution is -0.137. The van der Waals surface area contributed by atoms with E-state index in [1.54, 1.807) is 24.3 Å². The van der Waals surface area contributed by atoms with E-state index < -0.39 is 21.8 Å². The molecule has 1 aromatic heterocycles. The van der Waals surface area contributed by atoms with Gasteiger partial charge in [0.1, 0.15) is 5.82 Å². The Morgan fingerprint density at radius 3 is 2.32 bits per heavy atom. The van der Waals surface area contributed by atoms with Gasteiger partial charge in [0.05, 0.1) is 11.3 Å². The van der Waals surface area contributed by atoms with Crippen LogP contribution in [0.2, 0.25) is 0 Å². The molecule has 0 amide bonds. The summed E-state index contributed by atoms with van der Waals surface area (Å²) in [6.45, 7) is 0.606. The number of sulfonamides is 1. The van der Waals surface area contributed by atoms with Crippen molar-refractivity contribution >= 4 is 15.8 Å². The first kappa shape index (κ1) is 19.2. The van der Waals surface area contributed by atoms with E-state index in [1.165, 1.54) is 6.07 Å². The minimum absolute atomic E-state index is 0.0955. The molecule has 0 saturated carbocycles. The molecule has 0 atom stereocenters. The van der Waals surface area contributed by atoms with Crippen LogP contribution in [0.1, 0.15) is 17.5 Å². The van der Waals surface area contributed by atoms with E-state index in [4.69, 9.17) is 0 Å². The molecular weight excluding hydrogens is 355 g/mol. The van der Waals surface area contributed by atoms with Crippen LogP contribution in [0.3, 0.4) is 0 Å². The molecule has 0 radical (unpaired) electrons. The van der Waals surface area contributed by atoms with Crippen molar-refractivity contribution in [3.8, 4) is 0 Å². The summed E-state index contributed by atoms with van der Waals surface area (Å²) in [5.41, 5.74) is -0.117. The number of halogens is 3. The third kappa shape index (κ3) is 6.71. The maximum atomic E-state index is 12.4. The highest BCUT2D eigenvalue weighted by Crippen LogP contribution is 2.28. The van der Waals surface area contributed by atoms with Crippen LogP contribution >= 0.6 is 0 Å². The van der Waals surface area contributed by atoms with E-state index in [9.17, 15) is 21.6 Å². The summed E-state index contributed by atoms with van der Waals surface area (Å²) in [5.74, 6) is 0.210. The van der Waals surface area contributed by atoms with E-state index in [-0.39, 0.29) is 12.3 Å². The fourth-order valence-electron chi connectivity index (χ4n) is 2.04. The first-order valence-corrected chi connectivity index (χ1v) is 9.20. The first-order chi connectivity index (χ1) is 11.8. The molecule has 0 fully saturated rings. The maximum Gasteiger partial charge on any atom is 0.417 e. The van der Waals surface area contributed by atoms with E-state index in [0.717, 1.165) is 12.3 Å². The molecule has 0 spiro atoms. The molecule has 136 valence electrons. The summed E-state index contributed by atoms with van der Waals surface area (Å²) in [4.78, 5) is 3.68. The standard InChI is InChI=1S/C16H18F3N3O2S/c17-16(18,19)14-7-8-15(21-11-14)20-9-4-10-22-25(23,24)12-13-5-2-1-3-6-13/h1-3,5-8,11,22H,4,9-10,12H2,(H,20,21). The monoisotopic (exact) mass is 373 g/mol. The molecular formula is C16H18F3N3O2S. The van der Waals surface area contributed by atoms with E-state index in [0.29, 0.717) is 24.3 Å². The topological polar surface area (TPSA) is 71.1 Å². The summed E-state index contributed by atoms with van der Waals surface area (Å²) in [6, 6.07) is 11.0. The molecule has 2 rings (SSSR count). The van der Waals surface area contributed by atoms with Gasteiger partial charge in [-0.3, -0.25) is 0 Å². The molecule has 0 aliphatic heterocycles. The maximum absolute atomic E-state index is 12.4. The van der Waals surface area contributed by atoms with Crippen LogP contribution in [0, 0.1) is 0 Å². The van der Waals surface area contributed by atoms with Crippen LogP contribution < -0.4 is 10.0 Å². The fourth-order valence-corrected chi connectivity index (χ4v) is 3.23. The van der Waals surface area contributed by atoms with E-state index in [1.807, 2.05) is 6.07 Å². The Labute approximate surface area is 144 Å². The van der Waals surface area contributed by atoms with E-state index >= 15 is 0 Å². The third-order valence-electron chi connectivity index (χ3n) is 3.27. The summed E-state index contributed by atoms with van der Waals surface area (Å²) in [6.07, 6.45) is -3.19. The average molecular weight is 373 g/mol. The zero-order valence-corrected chi connectivity index (χ0v) is 14.1. The minimum atomic E-state index is -4.41. The molecule has 0 unspecified atom stereocenters. The second-order valence-corrected chi connectivity index (χ2v) is 7.16. The van der Waals surface area contributed by atoms with Crippen molar-refractivity contribution < 1.29 is 21.6 Å². The minimum Gasteiger partial charge on any atom is -0.370 e. The highest BCUT2D eigenvalue weighted by molar-refractivity contribution is 7.88. The molecule has 0 bridgehead atoms. The van der Waals surface area contributed by atoms with Gasteiger partial charge in [-0.25, -0.2) is 18.1 Å². The molecule has 2 N–H and O–H groups in total. The van der Waals surface area contributed by atoms with Crippen molar-refractivity contribution in [1.29, 1.82) is 0 Å². The second kappa shape index (κ2) is 8.30. The molecule has 1 heterocycles. The average Bonchev–Trinajstić information content (AvgIpc) is 2.54. The summed E-state index contributed by atoms with van der Waals surface area (Å²) < 4.78 is 63.6. The number of alkyl halides is 3. The van der Waals surface area contributed by atoms with Crippen molar-refractivity contribution in [3.63, 3.8) is 0 Å². The zero-order chi connectivity index (χ0) is 18.3. The molecule has 2 aromatic rings.